The molecule has 1 amide bonds. The highest BCUT2D eigenvalue weighted by Crippen LogP contribution is 2.49. The van der Waals surface area contributed by atoms with Crippen LogP contribution in [0, 0.1) is 13.8 Å². The average Bonchev–Trinajstić information content (AvgIpc) is 2.62. The van der Waals surface area contributed by atoms with Crippen LogP contribution in [0.4, 0.5) is 5.69 Å². The number of anilines is 1. The Bertz CT molecular complexity index is 967. The van der Waals surface area contributed by atoms with Crippen LogP contribution in [-0.4, -0.2) is 5.91 Å². The van der Waals surface area contributed by atoms with Gasteiger partial charge in [-0.05, 0) is 61.4 Å². The molecule has 0 fully saturated rings. The van der Waals surface area contributed by atoms with Crippen LogP contribution >= 0.6 is 11.8 Å². The highest BCUT2D eigenvalue weighted by Gasteiger charge is 2.39. The Kier molecular flexibility index (Phi) is 4.55. The zero-order chi connectivity index (χ0) is 18.3. The number of rotatable bonds is 2. The van der Waals surface area contributed by atoms with Crippen molar-refractivity contribution in [2.24, 2.45) is 0 Å². The minimum atomic E-state index is -0.240. The molecule has 4 heteroatoms. The Morgan fingerprint density at radius 2 is 1.38 bits per heavy atom. The first-order valence-electron chi connectivity index (χ1n) is 8.53. The summed E-state index contributed by atoms with van der Waals surface area (Å²) in [6, 6.07) is 21.6. The molecule has 1 heterocycles. The number of amides is 1. The van der Waals surface area contributed by atoms with Crippen LogP contribution in [0.1, 0.15) is 18.1 Å². The summed E-state index contributed by atoms with van der Waals surface area (Å²) in [6.45, 7) is 5.79. The van der Waals surface area contributed by atoms with Gasteiger partial charge in [-0.2, -0.15) is 0 Å². The highest BCUT2D eigenvalue weighted by molar-refractivity contribution is 8.04. The van der Waals surface area contributed by atoms with Gasteiger partial charge in [-0.1, -0.05) is 36.0 Å². The molecule has 0 saturated carbocycles. The van der Waals surface area contributed by atoms with E-state index in [2.05, 4.69) is 79.8 Å². The van der Waals surface area contributed by atoms with Crippen LogP contribution in [-0.2, 0) is 15.7 Å². The van der Waals surface area contributed by atoms with Crippen LogP contribution in [0.3, 0.4) is 0 Å². The van der Waals surface area contributed by atoms with Gasteiger partial charge in [-0.15, -0.1) is 0 Å². The third kappa shape index (κ3) is 3.04. The lowest BCUT2D eigenvalue weighted by molar-refractivity contribution is -0.114. The first kappa shape index (κ1) is 17.3. The maximum Gasteiger partial charge on any atom is 0.221 e. The summed E-state index contributed by atoms with van der Waals surface area (Å²) in [7, 11) is -0.240. The second-order valence-corrected chi connectivity index (χ2v) is 9.43. The van der Waals surface area contributed by atoms with E-state index in [1.165, 1.54) is 35.6 Å². The first-order chi connectivity index (χ1) is 12.5. The summed E-state index contributed by atoms with van der Waals surface area (Å²) in [5.41, 5.74) is 3.35. The summed E-state index contributed by atoms with van der Waals surface area (Å²) in [5.74, 6) is -0.0361. The third-order valence-corrected chi connectivity index (χ3v) is 8.26. The Balaban J connectivity index is 1.99. The van der Waals surface area contributed by atoms with Crippen molar-refractivity contribution >= 4 is 34.3 Å². The van der Waals surface area contributed by atoms with Crippen molar-refractivity contribution in [3.8, 4) is 0 Å². The molecule has 0 radical (unpaired) electrons. The van der Waals surface area contributed by atoms with E-state index >= 15 is 0 Å². The molecule has 130 valence electrons. The molecule has 26 heavy (non-hydrogen) atoms. The molecule has 0 unspecified atom stereocenters. The zero-order valence-corrected chi connectivity index (χ0v) is 16.6. The van der Waals surface area contributed by atoms with Gasteiger partial charge >= 0.3 is 0 Å². The summed E-state index contributed by atoms with van der Waals surface area (Å²) in [6.07, 6.45) is 0. The fourth-order valence-electron chi connectivity index (χ4n) is 3.13. The van der Waals surface area contributed by atoms with Gasteiger partial charge in [0.05, 0.1) is 15.5 Å². The topological polar surface area (TPSA) is 29.1 Å². The number of carbonyl (C=O) groups excluding carboxylic acids is 1. The SMILES string of the molecule is CC(=O)Nc1cc(C)c(C)cc1[S+]1c2ccccc2Sc2ccccc21. The van der Waals surface area contributed by atoms with E-state index in [-0.39, 0.29) is 16.8 Å². The lowest BCUT2D eigenvalue weighted by Gasteiger charge is -2.21. The molecule has 3 aromatic rings. The van der Waals surface area contributed by atoms with Crippen molar-refractivity contribution in [3.05, 3.63) is 71.8 Å². The molecule has 0 aliphatic carbocycles. The molecule has 1 N–H and O–H groups in total. The fraction of sp³-hybridized carbons (Fsp3) is 0.136. The molecule has 4 rings (SSSR count). The van der Waals surface area contributed by atoms with E-state index in [1.807, 2.05) is 11.8 Å². The van der Waals surface area contributed by atoms with Crippen molar-refractivity contribution in [1.29, 1.82) is 0 Å². The number of fused-ring (bicyclic) bond motifs is 2. The molecule has 0 aromatic heterocycles. The van der Waals surface area contributed by atoms with Crippen LogP contribution < -0.4 is 5.32 Å². The van der Waals surface area contributed by atoms with Crippen molar-refractivity contribution < 1.29 is 4.79 Å². The molecule has 1 aliphatic heterocycles. The summed E-state index contributed by atoms with van der Waals surface area (Å²) in [4.78, 5) is 18.2. The lowest BCUT2D eigenvalue weighted by atomic mass is 10.1. The predicted molar refractivity (Wildman–Crippen MR) is 109 cm³/mol. The maximum atomic E-state index is 11.8. The van der Waals surface area contributed by atoms with E-state index in [4.69, 9.17) is 0 Å². The van der Waals surface area contributed by atoms with Crippen LogP contribution in [0.2, 0.25) is 0 Å². The van der Waals surface area contributed by atoms with Gasteiger partial charge in [0.1, 0.15) is 10.9 Å². The summed E-state index contributed by atoms with van der Waals surface area (Å²) < 4.78 is 0. The second kappa shape index (κ2) is 6.86. The van der Waals surface area contributed by atoms with Gasteiger partial charge in [-0.3, -0.25) is 4.79 Å². The first-order valence-corrected chi connectivity index (χ1v) is 10.6. The van der Waals surface area contributed by atoms with Gasteiger partial charge in [0.2, 0.25) is 5.91 Å². The molecule has 1 aliphatic rings. The fourth-order valence-corrected chi connectivity index (χ4v) is 7.05. The zero-order valence-electron chi connectivity index (χ0n) is 15.0. The number of hydrogen-bond acceptors (Lipinski definition) is 2. The summed E-state index contributed by atoms with van der Waals surface area (Å²) in [5, 5.41) is 3.06. The van der Waals surface area contributed by atoms with Gasteiger partial charge in [0, 0.05) is 6.92 Å². The molecule has 0 bridgehead atoms. The molecule has 3 aromatic carbocycles. The average molecular weight is 379 g/mol. The van der Waals surface area contributed by atoms with Crippen LogP contribution in [0.25, 0.3) is 0 Å². The van der Waals surface area contributed by atoms with Gasteiger partial charge in [0.15, 0.2) is 14.7 Å². The Morgan fingerprint density at radius 3 is 1.96 bits per heavy atom. The van der Waals surface area contributed by atoms with E-state index in [0.717, 1.165) is 5.69 Å². The lowest BCUT2D eigenvalue weighted by Crippen LogP contribution is -2.16. The molecular weight excluding hydrogens is 358 g/mol. The summed E-state index contributed by atoms with van der Waals surface area (Å²) >= 11 is 1.83. The van der Waals surface area contributed by atoms with Gasteiger partial charge in [-0.25, -0.2) is 0 Å². The van der Waals surface area contributed by atoms with Crippen LogP contribution in [0.15, 0.2) is 85.1 Å². The molecule has 0 saturated heterocycles. The van der Waals surface area contributed by atoms with Crippen molar-refractivity contribution in [1.82, 2.24) is 0 Å². The van der Waals surface area contributed by atoms with E-state index in [0.29, 0.717) is 0 Å². The third-order valence-electron chi connectivity index (χ3n) is 4.48. The number of hydrogen-bond donors (Lipinski definition) is 1. The number of nitrogens with one attached hydrogen (secondary N) is 1. The van der Waals surface area contributed by atoms with E-state index in [1.54, 1.807) is 6.92 Å². The molecule has 2 nitrogen and oxygen atoms in total. The highest BCUT2D eigenvalue weighted by atomic mass is 32.2. The largest absolute Gasteiger partial charge is 0.322 e. The molecule has 0 spiro atoms. The quantitative estimate of drug-likeness (QED) is 0.445. The maximum absolute atomic E-state index is 11.8. The second-order valence-electron chi connectivity index (χ2n) is 6.42. The molecular formula is C22H20NOS2+. The number of carbonyl (C=O) groups is 1. The van der Waals surface area contributed by atoms with E-state index in [9.17, 15) is 4.79 Å². The van der Waals surface area contributed by atoms with E-state index < -0.39 is 0 Å². The minimum absolute atomic E-state index is 0.0361. The van der Waals surface area contributed by atoms with Gasteiger partial charge in [0.25, 0.3) is 0 Å². The van der Waals surface area contributed by atoms with Crippen molar-refractivity contribution in [2.45, 2.75) is 45.2 Å². The van der Waals surface area contributed by atoms with Gasteiger partial charge < -0.3 is 5.32 Å². The van der Waals surface area contributed by atoms with Crippen molar-refractivity contribution in [3.63, 3.8) is 0 Å². The Morgan fingerprint density at radius 1 is 0.846 bits per heavy atom. The van der Waals surface area contributed by atoms with Crippen LogP contribution in [0.5, 0.6) is 0 Å². The number of aryl methyl sites for hydroxylation is 2. The Labute approximate surface area is 161 Å². The standard InChI is InChI=1S/C22H19NOS2/c1-14-12-17(23-16(3)24)22(13-15(14)2)26-20-10-6-4-8-18(20)25-19-9-5-7-11-21(19)26/h4-13H,1-3H3/p+1. The number of benzene rings is 3. The normalized spacial score (nSPS) is 13.0. The smallest absolute Gasteiger partial charge is 0.221 e. The van der Waals surface area contributed by atoms with Crippen molar-refractivity contribution in [2.75, 3.05) is 5.32 Å². The minimum Gasteiger partial charge on any atom is -0.322 e. The predicted octanol–water partition coefficient (Wildman–Crippen LogP) is 5.82. The molecule has 0 atom stereocenters. The monoisotopic (exact) mass is 378 g/mol. The Hall–Kier alpha value is -2.17.